The molecule has 5 nitrogen and oxygen atoms in total. The van der Waals surface area contributed by atoms with Gasteiger partial charge < -0.3 is 15.0 Å². The summed E-state index contributed by atoms with van der Waals surface area (Å²) in [5.41, 5.74) is 0. The molecule has 0 atom stereocenters. The Morgan fingerprint density at radius 1 is 1.62 bits per heavy atom. The van der Waals surface area contributed by atoms with Crippen LogP contribution in [-0.2, 0) is 16.0 Å². The molecule has 0 aliphatic heterocycles. The van der Waals surface area contributed by atoms with Gasteiger partial charge in [-0.15, -0.1) is 0 Å². The van der Waals surface area contributed by atoms with Crippen molar-refractivity contribution >= 4 is 5.91 Å². The number of carbonyl (C=O) groups is 1. The molecule has 0 aromatic carbocycles. The van der Waals surface area contributed by atoms with E-state index in [1.807, 2.05) is 6.92 Å². The van der Waals surface area contributed by atoms with E-state index in [9.17, 15) is 4.79 Å². The van der Waals surface area contributed by atoms with Crippen molar-refractivity contribution in [3.63, 3.8) is 0 Å². The molecule has 1 heterocycles. The first-order valence-corrected chi connectivity index (χ1v) is 5.65. The molecular formula is C11H19N3O2. The molecule has 0 saturated heterocycles. The van der Waals surface area contributed by atoms with Crippen molar-refractivity contribution in [3.8, 4) is 0 Å². The van der Waals surface area contributed by atoms with Crippen molar-refractivity contribution in [2.75, 3.05) is 19.8 Å². The lowest BCUT2D eigenvalue weighted by Gasteiger charge is -2.04. The van der Waals surface area contributed by atoms with Gasteiger partial charge in [-0.3, -0.25) is 4.79 Å². The molecular weight excluding hydrogens is 206 g/mol. The Morgan fingerprint density at radius 2 is 2.50 bits per heavy atom. The lowest BCUT2D eigenvalue weighted by Crippen LogP contribution is -2.25. The Labute approximate surface area is 95.6 Å². The van der Waals surface area contributed by atoms with Crippen LogP contribution >= 0.6 is 0 Å². The second kappa shape index (κ2) is 7.87. The lowest BCUT2D eigenvalue weighted by molar-refractivity contribution is -0.122. The Morgan fingerprint density at radius 3 is 3.19 bits per heavy atom. The number of hydrogen-bond donors (Lipinski definition) is 2. The highest BCUT2D eigenvalue weighted by molar-refractivity contribution is 5.75. The molecule has 1 amide bonds. The first-order valence-electron chi connectivity index (χ1n) is 5.65. The van der Waals surface area contributed by atoms with Gasteiger partial charge in [0.15, 0.2) is 0 Å². The largest absolute Gasteiger partial charge is 0.381 e. The number of imidazole rings is 1. The molecule has 1 aromatic heterocycles. The van der Waals surface area contributed by atoms with Gasteiger partial charge in [0.25, 0.3) is 0 Å². The molecule has 90 valence electrons. The van der Waals surface area contributed by atoms with Gasteiger partial charge in [-0.1, -0.05) is 0 Å². The standard InChI is InChI=1S/C11H19N3O2/c1-2-16-9-5-11(15)14-6-3-4-10-12-7-8-13-10/h7-8H,2-6,9H2,1H3,(H,12,13)(H,14,15). The zero-order valence-electron chi connectivity index (χ0n) is 9.66. The summed E-state index contributed by atoms with van der Waals surface area (Å²) in [5, 5.41) is 2.84. The summed E-state index contributed by atoms with van der Waals surface area (Å²) in [6, 6.07) is 0. The maximum absolute atomic E-state index is 11.3. The molecule has 0 radical (unpaired) electrons. The molecule has 0 unspecified atom stereocenters. The smallest absolute Gasteiger partial charge is 0.222 e. The highest BCUT2D eigenvalue weighted by Crippen LogP contribution is 1.93. The summed E-state index contributed by atoms with van der Waals surface area (Å²) >= 11 is 0. The number of ether oxygens (including phenoxy) is 1. The maximum atomic E-state index is 11.3. The third kappa shape index (κ3) is 5.50. The summed E-state index contributed by atoms with van der Waals surface area (Å²) in [4.78, 5) is 18.4. The van der Waals surface area contributed by atoms with E-state index in [1.165, 1.54) is 0 Å². The molecule has 0 saturated carbocycles. The molecule has 1 rings (SSSR count). The predicted octanol–water partition coefficient (Wildman–Crippen LogP) is 0.885. The fraction of sp³-hybridized carbons (Fsp3) is 0.636. The van der Waals surface area contributed by atoms with E-state index in [1.54, 1.807) is 12.4 Å². The first kappa shape index (κ1) is 12.7. The topological polar surface area (TPSA) is 67.0 Å². The third-order valence-electron chi connectivity index (χ3n) is 2.14. The summed E-state index contributed by atoms with van der Waals surface area (Å²) in [6.45, 7) is 3.76. The van der Waals surface area contributed by atoms with E-state index in [0.29, 0.717) is 26.2 Å². The molecule has 5 heteroatoms. The number of carbonyl (C=O) groups excluding carboxylic acids is 1. The number of aromatic amines is 1. The number of rotatable bonds is 8. The van der Waals surface area contributed by atoms with Gasteiger partial charge in [0.1, 0.15) is 5.82 Å². The normalized spacial score (nSPS) is 10.3. The van der Waals surface area contributed by atoms with Gasteiger partial charge in [-0.25, -0.2) is 4.98 Å². The average molecular weight is 225 g/mol. The second-order valence-electron chi connectivity index (χ2n) is 3.44. The second-order valence-corrected chi connectivity index (χ2v) is 3.44. The highest BCUT2D eigenvalue weighted by atomic mass is 16.5. The number of aromatic nitrogens is 2. The Balaban J connectivity index is 1.96. The molecule has 0 aliphatic rings. The van der Waals surface area contributed by atoms with Gasteiger partial charge in [0.2, 0.25) is 5.91 Å². The van der Waals surface area contributed by atoms with Gasteiger partial charge in [0, 0.05) is 38.4 Å². The minimum absolute atomic E-state index is 0.0490. The Hall–Kier alpha value is -1.36. The molecule has 16 heavy (non-hydrogen) atoms. The van der Waals surface area contributed by atoms with E-state index in [4.69, 9.17) is 4.74 Å². The van der Waals surface area contributed by atoms with Crippen LogP contribution in [0.2, 0.25) is 0 Å². The Bertz CT molecular complexity index is 285. The van der Waals surface area contributed by atoms with Gasteiger partial charge in [0.05, 0.1) is 6.61 Å². The van der Waals surface area contributed by atoms with Crippen molar-refractivity contribution in [3.05, 3.63) is 18.2 Å². The van der Waals surface area contributed by atoms with Gasteiger partial charge >= 0.3 is 0 Å². The summed E-state index contributed by atoms with van der Waals surface area (Å²) < 4.78 is 5.09. The number of nitrogens with zero attached hydrogens (tertiary/aromatic N) is 1. The van der Waals surface area contributed by atoms with E-state index in [0.717, 1.165) is 18.7 Å². The number of hydrogen-bond acceptors (Lipinski definition) is 3. The molecule has 1 aromatic rings. The van der Waals surface area contributed by atoms with Crippen LogP contribution in [0.4, 0.5) is 0 Å². The van der Waals surface area contributed by atoms with Crippen LogP contribution in [0, 0.1) is 0 Å². The van der Waals surface area contributed by atoms with Crippen LogP contribution in [0.15, 0.2) is 12.4 Å². The maximum Gasteiger partial charge on any atom is 0.222 e. The van der Waals surface area contributed by atoms with Crippen LogP contribution in [0.3, 0.4) is 0 Å². The van der Waals surface area contributed by atoms with Gasteiger partial charge in [-0.2, -0.15) is 0 Å². The fourth-order valence-electron chi connectivity index (χ4n) is 1.32. The fourth-order valence-corrected chi connectivity index (χ4v) is 1.32. The van der Waals surface area contributed by atoms with E-state index in [2.05, 4.69) is 15.3 Å². The van der Waals surface area contributed by atoms with Crippen molar-refractivity contribution in [2.45, 2.75) is 26.2 Å². The quantitative estimate of drug-likeness (QED) is 0.645. The van der Waals surface area contributed by atoms with Gasteiger partial charge in [-0.05, 0) is 13.3 Å². The number of aryl methyl sites for hydroxylation is 1. The van der Waals surface area contributed by atoms with E-state index < -0.39 is 0 Å². The number of amides is 1. The summed E-state index contributed by atoms with van der Waals surface area (Å²) in [6.07, 6.45) is 5.73. The van der Waals surface area contributed by atoms with Crippen molar-refractivity contribution in [1.82, 2.24) is 15.3 Å². The molecule has 0 fully saturated rings. The molecule has 0 aliphatic carbocycles. The third-order valence-corrected chi connectivity index (χ3v) is 2.14. The number of nitrogens with one attached hydrogen (secondary N) is 2. The van der Waals surface area contributed by atoms with Crippen LogP contribution in [0.1, 0.15) is 25.6 Å². The van der Waals surface area contributed by atoms with Crippen molar-refractivity contribution in [2.24, 2.45) is 0 Å². The molecule has 0 bridgehead atoms. The summed E-state index contributed by atoms with van der Waals surface area (Å²) in [5.74, 6) is 1.01. The minimum Gasteiger partial charge on any atom is -0.381 e. The van der Waals surface area contributed by atoms with E-state index in [-0.39, 0.29) is 5.91 Å². The SMILES string of the molecule is CCOCCC(=O)NCCCc1ncc[nH]1. The first-order chi connectivity index (χ1) is 7.83. The number of H-pyrrole nitrogens is 1. The zero-order valence-corrected chi connectivity index (χ0v) is 9.66. The van der Waals surface area contributed by atoms with E-state index >= 15 is 0 Å². The lowest BCUT2D eigenvalue weighted by atomic mass is 10.3. The molecule has 0 spiro atoms. The van der Waals surface area contributed by atoms with Crippen molar-refractivity contribution in [1.29, 1.82) is 0 Å². The monoisotopic (exact) mass is 225 g/mol. The Kier molecular flexibility index (Phi) is 6.25. The summed E-state index contributed by atoms with van der Waals surface area (Å²) in [7, 11) is 0. The van der Waals surface area contributed by atoms with Crippen LogP contribution in [-0.4, -0.2) is 35.6 Å². The minimum atomic E-state index is 0.0490. The van der Waals surface area contributed by atoms with Crippen LogP contribution in [0.25, 0.3) is 0 Å². The zero-order chi connectivity index (χ0) is 11.6. The predicted molar refractivity (Wildman–Crippen MR) is 61.0 cm³/mol. The van der Waals surface area contributed by atoms with Crippen LogP contribution in [0.5, 0.6) is 0 Å². The molecule has 2 N–H and O–H groups in total. The van der Waals surface area contributed by atoms with Crippen LogP contribution < -0.4 is 5.32 Å². The highest BCUT2D eigenvalue weighted by Gasteiger charge is 2.00. The van der Waals surface area contributed by atoms with Crippen molar-refractivity contribution < 1.29 is 9.53 Å². The average Bonchev–Trinajstić information content (AvgIpc) is 2.78.